The summed E-state index contributed by atoms with van der Waals surface area (Å²) in [6.07, 6.45) is 22.1. The second-order valence-electron chi connectivity index (χ2n) is 12.9. The molecule has 8 saturated heterocycles. The summed E-state index contributed by atoms with van der Waals surface area (Å²) in [4.78, 5) is 0. The lowest BCUT2D eigenvalue weighted by atomic mass is 9.67. The van der Waals surface area contributed by atoms with E-state index in [1.54, 1.807) is 0 Å². The third-order valence-electron chi connectivity index (χ3n) is 11.1. The van der Waals surface area contributed by atoms with Crippen LogP contribution in [0.25, 0.3) is 0 Å². The Morgan fingerprint density at radius 1 is 0.387 bits per heavy atom. The summed E-state index contributed by atoms with van der Waals surface area (Å²) in [5.74, 6) is 4.82. The molecule has 10 fully saturated rings. The highest BCUT2D eigenvalue weighted by atomic mass is 16.5. The highest BCUT2D eigenvalue weighted by molar-refractivity contribution is 5.03. The summed E-state index contributed by atoms with van der Waals surface area (Å²) in [5, 5.41) is 0. The molecule has 0 aromatic heterocycles. The van der Waals surface area contributed by atoms with E-state index in [1.165, 1.54) is 83.5 Å². The van der Waals surface area contributed by atoms with Crippen molar-refractivity contribution < 1.29 is 18.9 Å². The zero-order valence-electron chi connectivity index (χ0n) is 18.9. The molecule has 8 aliphatic heterocycles. The van der Waals surface area contributed by atoms with Crippen molar-refractivity contribution >= 4 is 0 Å². The number of hydrogen-bond acceptors (Lipinski definition) is 4. The maximum absolute atomic E-state index is 6.55. The Bertz CT molecular complexity index is 636. The molecule has 8 bridgehead atoms. The average molecular weight is 429 g/mol. The monoisotopic (exact) mass is 428 g/mol. The molecule has 172 valence electrons. The normalized spacial score (nSPS) is 60.8. The maximum Gasteiger partial charge on any atom is 0.0637 e. The van der Waals surface area contributed by atoms with E-state index in [0.29, 0.717) is 48.8 Å². The quantitative estimate of drug-likeness (QED) is 0.604. The largest absolute Gasteiger partial charge is 0.375 e. The third-order valence-corrected chi connectivity index (χ3v) is 11.1. The van der Waals surface area contributed by atoms with Gasteiger partial charge in [-0.3, -0.25) is 0 Å². The van der Waals surface area contributed by atoms with Crippen LogP contribution in [-0.4, -0.2) is 48.8 Å². The maximum atomic E-state index is 6.55. The molecule has 8 heterocycles. The van der Waals surface area contributed by atoms with Crippen molar-refractivity contribution in [2.75, 3.05) is 0 Å². The first-order valence-electron chi connectivity index (χ1n) is 13.9. The summed E-state index contributed by atoms with van der Waals surface area (Å²) in [7, 11) is 0. The Hall–Kier alpha value is -0.160. The van der Waals surface area contributed by atoms with Crippen LogP contribution in [0.4, 0.5) is 0 Å². The molecule has 0 aromatic rings. The summed E-state index contributed by atoms with van der Waals surface area (Å²) >= 11 is 0. The Kier molecular flexibility index (Phi) is 4.43. The standard InChI is InChI=1S/C27H40O4/c1-3-20-12-24(28-20)14(1)5-16-8-22-10-18(26(16)30-22)7-19-11-23-9-17(27(19)31-23)6-15-2-4-21-13-25(15)29-21/h14-27H,1-13H2. The minimum absolute atomic E-state index is 0.541. The van der Waals surface area contributed by atoms with Gasteiger partial charge >= 0.3 is 0 Å². The molecule has 0 amide bonds. The molecule has 14 atom stereocenters. The minimum Gasteiger partial charge on any atom is -0.375 e. The molecule has 14 unspecified atom stereocenters. The van der Waals surface area contributed by atoms with Crippen LogP contribution < -0.4 is 0 Å². The van der Waals surface area contributed by atoms with E-state index < -0.39 is 0 Å². The second-order valence-corrected chi connectivity index (χ2v) is 12.9. The SMILES string of the molecule is C1CC(CC2CC3CC(CC4CC5CC(CC6CCC7CC6O7)C4O5)C2O3)C2CC1O2. The van der Waals surface area contributed by atoms with E-state index in [-0.39, 0.29) is 0 Å². The van der Waals surface area contributed by atoms with Crippen LogP contribution in [0.15, 0.2) is 0 Å². The highest BCUT2D eigenvalue weighted by Crippen LogP contribution is 2.54. The van der Waals surface area contributed by atoms with E-state index in [4.69, 9.17) is 18.9 Å². The van der Waals surface area contributed by atoms with Gasteiger partial charge in [-0.1, -0.05) is 0 Å². The smallest absolute Gasteiger partial charge is 0.0637 e. The summed E-state index contributed by atoms with van der Waals surface area (Å²) in [6, 6.07) is 0. The van der Waals surface area contributed by atoms with Crippen LogP contribution in [0.2, 0.25) is 0 Å². The van der Waals surface area contributed by atoms with Gasteiger partial charge in [0, 0.05) is 12.8 Å². The summed E-state index contributed by atoms with van der Waals surface area (Å²) in [5.41, 5.74) is 0. The molecular weight excluding hydrogens is 388 g/mol. The van der Waals surface area contributed by atoms with Gasteiger partial charge in [-0.15, -0.1) is 0 Å². The van der Waals surface area contributed by atoms with Crippen LogP contribution in [-0.2, 0) is 18.9 Å². The lowest BCUT2D eigenvalue weighted by Crippen LogP contribution is -2.48. The van der Waals surface area contributed by atoms with E-state index in [9.17, 15) is 0 Å². The van der Waals surface area contributed by atoms with Gasteiger partial charge in [0.15, 0.2) is 0 Å². The molecule has 4 heteroatoms. The average Bonchev–Trinajstić information content (AvgIpc) is 3.48. The second kappa shape index (κ2) is 7.17. The van der Waals surface area contributed by atoms with E-state index in [2.05, 4.69) is 0 Å². The van der Waals surface area contributed by atoms with Crippen molar-refractivity contribution in [3.63, 3.8) is 0 Å². The first kappa shape index (κ1) is 19.2. The van der Waals surface area contributed by atoms with Crippen molar-refractivity contribution in [2.45, 2.75) is 132 Å². The fourth-order valence-electron chi connectivity index (χ4n) is 9.73. The summed E-state index contributed by atoms with van der Waals surface area (Å²) < 4.78 is 25.2. The van der Waals surface area contributed by atoms with Crippen LogP contribution >= 0.6 is 0 Å². The predicted molar refractivity (Wildman–Crippen MR) is 116 cm³/mol. The Balaban J connectivity index is 0.898. The van der Waals surface area contributed by atoms with Crippen molar-refractivity contribution in [3.05, 3.63) is 0 Å². The van der Waals surface area contributed by atoms with Crippen LogP contribution in [0.1, 0.15) is 83.5 Å². The molecule has 0 aromatic carbocycles. The van der Waals surface area contributed by atoms with Crippen molar-refractivity contribution in [1.82, 2.24) is 0 Å². The highest BCUT2D eigenvalue weighted by Gasteiger charge is 2.54. The van der Waals surface area contributed by atoms with E-state index >= 15 is 0 Å². The Morgan fingerprint density at radius 3 is 1.10 bits per heavy atom. The predicted octanol–water partition coefficient (Wildman–Crippen LogP) is 4.88. The molecular formula is C27H40O4. The number of fused-ring (bicyclic) bond motifs is 8. The van der Waals surface area contributed by atoms with E-state index in [1.807, 2.05) is 0 Å². The first-order valence-corrected chi connectivity index (χ1v) is 13.9. The first-order chi connectivity index (χ1) is 15.2. The van der Waals surface area contributed by atoms with Crippen molar-refractivity contribution in [2.24, 2.45) is 35.5 Å². The number of hydrogen-bond donors (Lipinski definition) is 0. The van der Waals surface area contributed by atoms with Gasteiger partial charge in [-0.2, -0.15) is 0 Å². The third kappa shape index (κ3) is 3.14. The van der Waals surface area contributed by atoms with Gasteiger partial charge in [0.25, 0.3) is 0 Å². The fourth-order valence-corrected chi connectivity index (χ4v) is 9.73. The van der Waals surface area contributed by atoms with Crippen LogP contribution in [0.3, 0.4) is 0 Å². The van der Waals surface area contributed by atoms with Crippen LogP contribution in [0, 0.1) is 35.5 Å². The van der Waals surface area contributed by atoms with Crippen molar-refractivity contribution in [1.29, 1.82) is 0 Å². The molecule has 10 rings (SSSR count). The molecule has 2 aliphatic carbocycles. The minimum atomic E-state index is 0.541. The fraction of sp³-hybridized carbons (Fsp3) is 1.00. The molecule has 0 N–H and O–H groups in total. The zero-order chi connectivity index (χ0) is 20.1. The topological polar surface area (TPSA) is 36.9 Å². The molecule has 0 radical (unpaired) electrons. The Morgan fingerprint density at radius 2 is 0.774 bits per heavy atom. The lowest BCUT2D eigenvalue weighted by Gasteiger charge is -2.48. The van der Waals surface area contributed by atoms with Gasteiger partial charge in [-0.25, -0.2) is 0 Å². The number of rotatable bonds is 6. The molecule has 2 saturated carbocycles. The van der Waals surface area contributed by atoms with Crippen molar-refractivity contribution in [3.8, 4) is 0 Å². The molecule has 0 spiro atoms. The van der Waals surface area contributed by atoms with Gasteiger partial charge in [0.1, 0.15) is 0 Å². The van der Waals surface area contributed by atoms with Gasteiger partial charge in [-0.05, 0) is 106 Å². The zero-order valence-corrected chi connectivity index (χ0v) is 18.9. The molecule has 31 heavy (non-hydrogen) atoms. The molecule has 10 aliphatic rings. The van der Waals surface area contributed by atoms with Gasteiger partial charge in [0.2, 0.25) is 0 Å². The molecule has 4 nitrogen and oxygen atoms in total. The van der Waals surface area contributed by atoms with Gasteiger partial charge in [0.05, 0.1) is 48.8 Å². The van der Waals surface area contributed by atoms with Gasteiger partial charge < -0.3 is 18.9 Å². The lowest BCUT2D eigenvalue weighted by molar-refractivity contribution is -0.189. The number of ether oxygens (including phenoxy) is 4. The van der Waals surface area contributed by atoms with Crippen LogP contribution in [0.5, 0.6) is 0 Å². The Labute approximate surface area is 187 Å². The van der Waals surface area contributed by atoms with E-state index in [0.717, 1.165) is 35.5 Å². The summed E-state index contributed by atoms with van der Waals surface area (Å²) in [6.45, 7) is 0.